The SMILES string of the molecule is CCNC(=O)[C@@H](C)N(Cc1ccc(OC)cc1)C(=O)CN(c1ccccc1CC)S(=O)(=O)c1ccccc1. The number of rotatable bonds is 12. The zero-order valence-electron chi connectivity index (χ0n) is 22.3. The minimum atomic E-state index is -4.08. The summed E-state index contributed by atoms with van der Waals surface area (Å²) in [5, 5.41) is 2.76. The average Bonchev–Trinajstić information content (AvgIpc) is 2.95. The molecule has 9 heteroatoms. The van der Waals surface area contributed by atoms with Crippen LogP contribution in [-0.2, 0) is 32.6 Å². The molecule has 3 aromatic rings. The van der Waals surface area contributed by atoms with Crippen molar-refractivity contribution in [2.75, 3.05) is 24.5 Å². The largest absolute Gasteiger partial charge is 0.497 e. The van der Waals surface area contributed by atoms with Crippen molar-refractivity contribution in [2.45, 2.75) is 44.7 Å². The van der Waals surface area contributed by atoms with Crippen molar-refractivity contribution >= 4 is 27.5 Å². The number of benzene rings is 3. The van der Waals surface area contributed by atoms with Crippen molar-refractivity contribution in [3.8, 4) is 5.75 Å². The first-order valence-electron chi connectivity index (χ1n) is 12.6. The fraction of sp³-hybridized carbons (Fsp3) is 0.310. The lowest BCUT2D eigenvalue weighted by atomic mass is 10.1. The van der Waals surface area contributed by atoms with Gasteiger partial charge < -0.3 is 15.0 Å². The molecule has 0 saturated carbocycles. The first kappa shape index (κ1) is 28.7. The molecular weight excluding hydrogens is 502 g/mol. The molecular formula is C29H35N3O5S. The smallest absolute Gasteiger partial charge is 0.264 e. The van der Waals surface area contributed by atoms with Gasteiger partial charge in [-0.2, -0.15) is 0 Å². The summed E-state index contributed by atoms with van der Waals surface area (Å²) in [5.74, 6) is -0.148. The summed E-state index contributed by atoms with van der Waals surface area (Å²) in [6, 6.07) is 21.5. The molecule has 0 unspecified atom stereocenters. The number of para-hydroxylation sites is 1. The van der Waals surface area contributed by atoms with E-state index in [2.05, 4.69) is 5.32 Å². The number of aryl methyl sites for hydroxylation is 1. The number of methoxy groups -OCH3 is 1. The molecule has 0 aliphatic carbocycles. The number of carbonyl (C=O) groups is 2. The number of hydrogen-bond acceptors (Lipinski definition) is 5. The van der Waals surface area contributed by atoms with Gasteiger partial charge in [0.2, 0.25) is 11.8 Å². The van der Waals surface area contributed by atoms with Gasteiger partial charge in [-0.3, -0.25) is 13.9 Å². The van der Waals surface area contributed by atoms with Crippen molar-refractivity contribution < 1.29 is 22.7 Å². The Hall–Kier alpha value is -3.85. The van der Waals surface area contributed by atoms with Gasteiger partial charge in [-0.15, -0.1) is 0 Å². The Morgan fingerprint density at radius 1 is 0.921 bits per heavy atom. The summed E-state index contributed by atoms with van der Waals surface area (Å²) < 4.78 is 34.1. The van der Waals surface area contributed by atoms with Crippen molar-refractivity contribution in [1.82, 2.24) is 10.2 Å². The maximum absolute atomic E-state index is 13.9. The number of hydrogen-bond donors (Lipinski definition) is 1. The molecule has 3 aromatic carbocycles. The Morgan fingerprint density at radius 2 is 1.55 bits per heavy atom. The van der Waals surface area contributed by atoms with Crippen LogP contribution in [0.5, 0.6) is 5.75 Å². The summed E-state index contributed by atoms with van der Waals surface area (Å²) >= 11 is 0. The van der Waals surface area contributed by atoms with Gasteiger partial charge in [0.25, 0.3) is 10.0 Å². The maximum Gasteiger partial charge on any atom is 0.264 e. The van der Waals surface area contributed by atoms with Gasteiger partial charge >= 0.3 is 0 Å². The minimum Gasteiger partial charge on any atom is -0.497 e. The van der Waals surface area contributed by atoms with E-state index in [0.717, 1.165) is 15.4 Å². The first-order valence-corrected chi connectivity index (χ1v) is 14.0. The van der Waals surface area contributed by atoms with Gasteiger partial charge in [0.1, 0.15) is 18.3 Å². The molecule has 0 aliphatic heterocycles. The molecule has 0 aliphatic rings. The fourth-order valence-corrected chi connectivity index (χ4v) is 5.59. The number of amides is 2. The van der Waals surface area contributed by atoms with Crippen LogP contribution in [0.15, 0.2) is 83.8 Å². The summed E-state index contributed by atoms with van der Waals surface area (Å²) in [6.07, 6.45) is 0.579. The van der Waals surface area contributed by atoms with Crippen LogP contribution in [0.25, 0.3) is 0 Å². The van der Waals surface area contributed by atoms with E-state index in [9.17, 15) is 18.0 Å². The van der Waals surface area contributed by atoms with Crippen LogP contribution in [-0.4, -0.2) is 51.4 Å². The van der Waals surface area contributed by atoms with Crippen LogP contribution in [0.4, 0.5) is 5.69 Å². The lowest BCUT2D eigenvalue weighted by Crippen LogP contribution is -2.51. The van der Waals surface area contributed by atoms with Gasteiger partial charge in [0, 0.05) is 13.1 Å². The number of nitrogens with zero attached hydrogens (tertiary/aromatic N) is 2. The molecule has 1 N–H and O–H groups in total. The zero-order valence-corrected chi connectivity index (χ0v) is 23.1. The number of sulfonamides is 1. The number of nitrogens with one attached hydrogen (secondary N) is 1. The van der Waals surface area contributed by atoms with Crippen LogP contribution in [0.1, 0.15) is 31.9 Å². The van der Waals surface area contributed by atoms with E-state index in [1.165, 1.54) is 17.0 Å². The lowest BCUT2D eigenvalue weighted by Gasteiger charge is -2.32. The van der Waals surface area contributed by atoms with Crippen LogP contribution in [0.2, 0.25) is 0 Å². The second kappa shape index (κ2) is 13.1. The monoisotopic (exact) mass is 537 g/mol. The molecule has 202 valence electrons. The Balaban J connectivity index is 2.04. The van der Waals surface area contributed by atoms with Crippen LogP contribution >= 0.6 is 0 Å². The summed E-state index contributed by atoms with van der Waals surface area (Å²) in [4.78, 5) is 28.2. The highest BCUT2D eigenvalue weighted by molar-refractivity contribution is 7.92. The topological polar surface area (TPSA) is 96.0 Å². The summed E-state index contributed by atoms with van der Waals surface area (Å²) in [5.41, 5.74) is 2.00. The van der Waals surface area contributed by atoms with Gasteiger partial charge in [-0.05, 0) is 61.7 Å². The van der Waals surface area contributed by atoms with Crippen LogP contribution in [0.3, 0.4) is 0 Å². The average molecular weight is 538 g/mol. The quantitative estimate of drug-likeness (QED) is 0.377. The second-order valence-corrected chi connectivity index (χ2v) is 10.6. The molecule has 0 fully saturated rings. The highest BCUT2D eigenvalue weighted by atomic mass is 32.2. The predicted octanol–water partition coefficient (Wildman–Crippen LogP) is 4.01. The molecule has 0 spiro atoms. The molecule has 0 aromatic heterocycles. The fourth-order valence-electron chi connectivity index (χ4n) is 4.12. The summed E-state index contributed by atoms with van der Waals surface area (Å²) in [7, 11) is -2.52. The molecule has 0 saturated heterocycles. The van der Waals surface area contributed by atoms with E-state index in [1.54, 1.807) is 63.4 Å². The lowest BCUT2D eigenvalue weighted by molar-refractivity contribution is -0.139. The zero-order chi connectivity index (χ0) is 27.7. The number of ether oxygens (including phenoxy) is 1. The van der Waals surface area contributed by atoms with E-state index in [-0.39, 0.29) is 17.3 Å². The molecule has 1 atom stereocenters. The highest BCUT2D eigenvalue weighted by Crippen LogP contribution is 2.28. The maximum atomic E-state index is 13.9. The van der Waals surface area contributed by atoms with Gasteiger partial charge in [-0.25, -0.2) is 8.42 Å². The molecule has 38 heavy (non-hydrogen) atoms. The van der Waals surface area contributed by atoms with Gasteiger partial charge in [0.05, 0.1) is 17.7 Å². The van der Waals surface area contributed by atoms with Crippen molar-refractivity contribution in [3.63, 3.8) is 0 Å². The number of carbonyl (C=O) groups excluding carboxylic acids is 2. The van der Waals surface area contributed by atoms with Crippen LogP contribution in [0, 0.1) is 0 Å². The third kappa shape index (κ3) is 6.72. The van der Waals surface area contributed by atoms with E-state index in [4.69, 9.17) is 4.74 Å². The third-order valence-electron chi connectivity index (χ3n) is 6.28. The van der Waals surface area contributed by atoms with Crippen molar-refractivity contribution in [1.29, 1.82) is 0 Å². The van der Waals surface area contributed by atoms with E-state index in [1.807, 2.05) is 31.2 Å². The second-order valence-electron chi connectivity index (χ2n) is 8.75. The molecule has 0 bridgehead atoms. The van der Waals surface area contributed by atoms with E-state index >= 15 is 0 Å². The standard InChI is InChI=1S/C29H35N3O5S/c1-5-24-12-10-11-15-27(24)32(38(35,36)26-13-8-7-9-14-26)21-28(33)31(22(3)29(34)30-6-2)20-23-16-18-25(37-4)19-17-23/h7-19,22H,5-6,20-21H2,1-4H3,(H,30,34)/t22-/m1/s1. The highest BCUT2D eigenvalue weighted by Gasteiger charge is 2.33. The van der Waals surface area contributed by atoms with Crippen molar-refractivity contribution in [3.05, 3.63) is 90.0 Å². The molecule has 0 heterocycles. The normalized spacial score (nSPS) is 11.9. The third-order valence-corrected chi connectivity index (χ3v) is 8.06. The van der Waals surface area contributed by atoms with E-state index < -0.39 is 28.5 Å². The molecule has 8 nitrogen and oxygen atoms in total. The van der Waals surface area contributed by atoms with Gasteiger partial charge in [0.15, 0.2) is 0 Å². The molecule has 2 amide bonds. The Bertz CT molecular complexity index is 1330. The van der Waals surface area contributed by atoms with Crippen molar-refractivity contribution in [2.24, 2.45) is 0 Å². The number of likely N-dealkylation sites (N-methyl/N-ethyl adjacent to an activating group) is 1. The van der Waals surface area contributed by atoms with E-state index in [0.29, 0.717) is 24.4 Å². The molecule has 3 rings (SSSR count). The first-order chi connectivity index (χ1) is 18.2. The van der Waals surface area contributed by atoms with Gasteiger partial charge in [-0.1, -0.05) is 55.5 Å². The summed E-state index contributed by atoms with van der Waals surface area (Å²) in [6.45, 7) is 5.44. The minimum absolute atomic E-state index is 0.0807. The Labute approximate surface area is 225 Å². The van der Waals surface area contributed by atoms with Crippen LogP contribution < -0.4 is 14.4 Å². The number of anilines is 1. The Kier molecular flexibility index (Phi) is 9.90. The predicted molar refractivity (Wildman–Crippen MR) is 148 cm³/mol. The Morgan fingerprint density at radius 3 is 2.16 bits per heavy atom. The molecule has 0 radical (unpaired) electrons.